The molecule has 7 heteroatoms. The number of nitrogens with one attached hydrogen (secondary N) is 1. The number of likely N-dealkylation sites (tertiary alicyclic amines) is 1. The lowest BCUT2D eigenvalue weighted by Gasteiger charge is -2.27. The van der Waals surface area contributed by atoms with Gasteiger partial charge in [0.05, 0.1) is 31.4 Å². The van der Waals surface area contributed by atoms with Crippen LogP contribution >= 0.6 is 0 Å². The van der Waals surface area contributed by atoms with Crippen LogP contribution in [-0.2, 0) is 14.3 Å². The molecule has 2 aromatic rings. The molecule has 1 atom stereocenters. The summed E-state index contributed by atoms with van der Waals surface area (Å²) in [6, 6.07) is 10.2. The first-order valence-corrected chi connectivity index (χ1v) is 10.7. The smallest absolute Gasteiger partial charge is 0.295 e. The molecular formula is C24H28N3O4+. The van der Waals surface area contributed by atoms with Crippen molar-refractivity contribution in [1.29, 1.82) is 0 Å². The van der Waals surface area contributed by atoms with Gasteiger partial charge in [0.15, 0.2) is 0 Å². The number of morpholine rings is 1. The lowest BCUT2D eigenvalue weighted by atomic mass is 9.96. The predicted octanol–water partition coefficient (Wildman–Crippen LogP) is 1.12. The Bertz CT molecular complexity index is 966. The molecule has 1 aromatic carbocycles. The second kappa shape index (κ2) is 9.41. The second-order valence-electron chi connectivity index (χ2n) is 8.11. The van der Waals surface area contributed by atoms with Gasteiger partial charge >= 0.3 is 0 Å². The summed E-state index contributed by atoms with van der Waals surface area (Å²) in [7, 11) is 0. The number of aromatic nitrogens is 1. The topological polar surface area (TPSA) is 84.2 Å². The van der Waals surface area contributed by atoms with Crippen molar-refractivity contribution in [1.82, 2.24) is 9.88 Å². The number of carbonyl (C=O) groups excluding carboxylic acids is 2. The lowest BCUT2D eigenvalue weighted by Crippen LogP contribution is -3.14. The number of Topliss-reactive ketones (excluding diaryl/α,β-unsaturated/α-hetero) is 1. The van der Waals surface area contributed by atoms with E-state index in [0.717, 1.165) is 44.8 Å². The minimum Gasteiger partial charge on any atom is -0.507 e. The monoisotopic (exact) mass is 422 g/mol. The predicted molar refractivity (Wildman–Crippen MR) is 115 cm³/mol. The third-order valence-corrected chi connectivity index (χ3v) is 5.99. The number of aliphatic hydroxyl groups is 1. The Morgan fingerprint density at radius 3 is 2.61 bits per heavy atom. The SMILES string of the molecule is Cc1ccc(C(O)=C2C(=O)C(=O)N(CCC[NH+]3CCOCC3)[C@@H]2c2cccnc2)cc1. The fourth-order valence-corrected chi connectivity index (χ4v) is 4.27. The van der Waals surface area contributed by atoms with Crippen LogP contribution in [0.1, 0.15) is 29.2 Å². The van der Waals surface area contributed by atoms with Crippen LogP contribution in [0.25, 0.3) is 5.76 Å². The molecule has 162 valence electrons. The first-order valence-electron chi connectivity index (χ1n) is 10.7. The van der Waals surface area contributed by atoms with Gasteiger partial charge < -0.3 is 19.6 Å². The van der Waals surface area contributed by atoms with Crippen molar-refractivity contribution in [2.45, 2.75) is 19.4 Å². The number of amides is 1. The van der Waals surface area contributed by atoms with Gasteiger partial charge in [-0.05, 0) is 18.6 Å². The minimum absolute atomic E-state index is 0.126. The third-order valence-electron chi connectivity index (χ3n) is 5.99. The maximum atomic E-state index is 13.0. The second-order valence-corrected chi connectivity index (χ2v) is 8.11. The highest BCUT2D eigenvalue weighted by Crippen LogP contribution is 2.39. The van der Waals surface area contributed by atoms with Crippen LogP contribution in [0.5, 0.6) is 0 Å². The van der Waals surface area contributed by atoms with Crippen molar-refractivity contribution in [2.75, 3.05) is 39.4 Å². The molecule has 2 N–H and O–H groups in total. The molecule has 1 aromatic heterocycles. The Hall–Kier alpha value is -3.03. The Balaban J connectivity index is 1.64. The number of hydrogen-bond acceptors (Lipinski definition) is 5. The summed E-state index contributed by atoms with van der Waals surface area (Å²) in [5.74, 6) is -1.36. The van der Waals surface area contributed by atoms with Crippen molar-refractivity contribution in [2.24, 2.45) is 0 Å². The maximum Gasteiger partial charge on any atom is 0.295 e. The van der Waals surface area contributed by atoms with Gasteiger partial charge in [0.2, 0.25) is 0 Å². The Morgan fingerprint density at radius 1 is 1.19 bits per heavy atom. The van der Waals surface area contributed by atoms with Crippen LogP contribution in [0, 0.1) is 6.92 Å². The summed E-state index contributed by atoms with van der Waals surface area (Å²) in [5, 5.41) is 11.0. The zero-order valence-electron chi connectivity index (χ0n) is 17.7. The first-order chi connectivity index (χ1) is 15.1. The van der Waals surface area contributed by atoms with Gasteiger partial charge in [0.1, 0.15) is 18.8 Å². The van der Waals surface area contributed by atoms with Crippen LogP contribution in [0.15, 0.2) is 54.4 Å². The van der Waals surface area contributed by atoms with Crippen molar-refractivity contribution >= 4 is 17.4 Å². The van der Waals surface area contributed by atoms with E-state index in [1.165, 1.54) is 4.90 Å². The molecule has 4 rings (SSSR count). The highest BCUT2D eigenvalue weighted by molar-refractivity contribution is 6.46. The molecule has 3 heterocycles. The van der Waals surface area contributed by atoms with Crippen molar-refractivity contribution in [3.63, 3.8) is 0 Å². The van der Waals surface area contributed by atoms with Gasteiger partial charge in [0.25, 0.3) is 11.7 Å². The molecule has 2 aliphatic rings. The molecule has 1 amide bonds. The normalized spacial score (nSPS) is 21.6. The lowest BCUT2D eigenvalue weighted by molar-refractivity contribution is -0.908. The minimum atomic E-state index is -0.648. The fraction of sp³-hybridized carbons (Fsp3) is 0.375. The molecule has 2 saturated heterocycles. The summed E-state index contributed by atoms with van der Waals surface area (Å²) in [6.07, 6.45) is 4.07. The number of ether oxygens (including phenoxy) is 1. The van der Waals surface area contributed by atoms with Crippen LogP contribution in [0.4, 0.5) is 0 Å². The van der Waals surface area contributed by atoms with E-state index in [4.69, 9.17) is 4.74 Å². The van der Waals surface area contributed by atoms with E-state index >= 15 is 0 Å². The average molecular weight is 423 g/mol. The van der Waals surface area contributed by atoms with E-state index in [2.05, 4.69) is 4.98 Å². The molecular weight excluding hydrogens is 394 g/mol. The number of rotatable bonds is 6. The van der Waals surface area contributed by atoms with E-state index in [1.54, 1.807) is 35.5 Å². The standard InChI is InChI=1S/C24H27N3O4/c1-17-5-7-18(8-6-17)22(28)20-21(19-4-2-9-25-16-19)27(24(30)23(20)29)11-3-10-26-12-14-31-15-13-26/h2,4-9,16,21,28H,3,10-15H2,1H3/p+1/t21-/m1/s1. The number of ketones is 1. The molecule has 0 unspecified atom stereocenters. The number of nitrogens with zero attached hydrogens (tertiary/aromatic N) is 2. The summed E-state index contributed by atoms with van der Waals surface area (Å²) in [4.78, 5) is 33.2. The number of aryl methyl sites for hydroxylation is 1. The average Bonchev–Trinajstić information content (AvgIpc) is 3.05. The van der Waals surface area contributed by atoms with Gasteiger partial charge in [0, 0.05) is 30.9 Å². The third kappa shape index (κ3) is 4.52. The molecule has 0 bridgehead atoms. The zero-order chi connectivity index (χ0) is 21.8. The van der Waals surface area contributed by atoms with E-state index in [-0.39, 0.29) is 11.3 Å². The molecule has 2 aliphatic heterocycles. The van der Waals surface area contributed by atoms with Gasteiger partial charge in [-0.15, -0.1) is 0 Å². The molecule has 7 nitrogen and oxygen atoms in total. The van der Waals surface area contributed by atoms with Gasteiger partial charge in [-0.1, -0.05) is 35.9 Å². The molecule has 31 heavy (non-hydrogen) atoms. The first kappa shape index (κ1) is 21.2. The highest BCUT2D eigenvalue weighted by atomic mass is 16.5. The van der Waals surface area contributed by atoms with E-state index in [1.807, 2.05) is 25.1 Å². The largest absolute Gasteiger partial charge is 0.507 e. The molecule has 0 radical (unpaired) electrons. The molecule has 0 spiro atoms. The van der Waals surface area contributed by atoms with Crippen LogP contribution in [0.3, 0.4) is 0 Å². The number of pyridine rings is 1. The van der Waals surface area contributed by atoms with E-state index in [0.29, 0.717) is 17.7 Å². The maximum absolute atomic E-state index is 13.0. The molecule has 0 aliphatic carbocycles. The van der Waals surface area contributed by atoms with Gasteiger partial charge in [-0.2, -0.15) is 0 Å². The number of quaternary nitrogens is 1. The summed E-state index contributed by atoms with van der Waals surface area (Å²) >= 11 is 0. The Labute approximate surface area is 182 Å². The molecule has 2 fully saturated rings. The van der Waals surface area contributed by atoms with Crippen molar-refractivity contribution in [3.8, 4) is 0 Å². The van der Waals surface area contributed by atoms with Gasteiger partial charge in [-0.25, -0.2) is 0 Å². The van der Waals surface area contributed by atoms with Crippen molar-refractivity contribution < 1.29 is 24.3 Å². The van der Waals surface area contributed by atoms with Gasteiger partial charge in [-0.3, -0.25) is 14.6 Å². The van der Waals surface area contributed by atoms with E-state index < -0.39 is 17.7 Å². The molecule has 0 saturated carbocycles. The summed E-state index contributed by atoms with van der Waals surface area (Å²) in [5.41, 5.74) is 2.41. The van der Waals surface area contributed by atoms with Crippen LogP contribution < -0.4 is 4.90 Å². The summed E-state index contributed by atoms with van der Waals surface area (Å²) < 4.78 is 5.40. The Kier molecular flexibility index (Phi) is 6.44. The number of aliphatic hydroxyl groups excluding tert-OH is 1. The van der Waals surface area contributed by atoms with Crippen LogP contribution in [-0.4, -0.2) is 66.1 Å². The fourth-order valence-electron chi connectivity index (χ4n) is 4.27. The zero-order valence-corrected chi connectivity index (χ0v) is 17.7. The van der Waals surface area contributed by atoms with Crippen LogP contribution in [0.2, 0.25) is 0 Å². The van der Waals surface area contributed by atoms with Crippen molar-refractivity contribution in [3.05, 3.63) is 71.1 Å². The quantitative estimate of drug-likeness (QED) is 0.414. The van der Waals surface area contributed by atoms with E-state index in [9.17, 15) is 14.7 Å². The number of benzene rings is 1. The highest BCUT2D eigenvalue weighted by Gasteiger charge is 2.46. The summed E-state index contributed by atoms with van der Waals surface area (Å²) in [6.45, 7) is 6.73. The number of carbonyl (C=O) groups is 2. The number of hydrogen-bond donors (Lipinski definition) is 2. The Morgan fingerprint density at radius 2 is 1.94 bits per heavy atom.